The highest BCUT2D eigenvalue weighted by atomic mass is 16.1. The van der Waals surface area contributed by atoms with Crippen molar-refractivity contribution in [2.24, 2.45) is 0 Å². The molecule has 0 fully saturated rings. The summed E-state index contributed by atoms with van der Waals surface area (Å²) in [7, 11) is 0. The van der Waals surface area contributed by atoms with E-state index in [-0.39, 0.29) is 0 Å². The lowest BCUT2D eigenvalue weighted by Crippen LogP contribution is -1.83. The Morgan fingerprint density at radius 2 is 2.33 bits per heavy atom. The summed E-state index contributed by atoms with van der Waals surface area (Å²) in [5.74, 6) is 0. The number of rotatable bonds is 1. The summed E-state index contributed by atoms with van der Waals surface area (Å²) in [6.07, 6.45) is 2.75. The van der Waals surface area contributed by atoms with Gasteiger partial charge in [0.25, 0.3) is 0 Å². The summed E-state index contributed by atoms with van der Waals surface area (Å²) >= 11 is 0. The number of carbonyl (C=O) groups is 1. The Morgan fingerprint density at radius 1 is 1.47 bits per heavy atom. The third-order valence-corrected chi connectivity index (χ3v) is 2.58. The van der Waals surface area contributed by atoms with Crippen molar-refractivity contribution in [2.75, 3.05) is 0 Å². The van der Waals surface area contributed by atoms with Gasteiger partial charge in [-0.05, 0) is 25.1 Å². The first-order chi connectivity index (χ1) is 7.29. The molecule has 1 aromatic carbocycles. The second-order valence-electron chi connectivity index (χ2n) is 3.59. The van der Waals surface area contributed by atoms with Gasteiger partial charge in [-0.25, -0.2) is 9.50 Å². The van der Waals surface area contributed by atoms with Crippen LogP contribution < -0.4 is 0 Å². The van der Waals surface area contributed by atoms with Gasteiger partial charge in [-0.3, -0.25) is 9.89 Å². The standard InChI is InChI=1S/C11H9N3O/c1-7-5-12-14-10-3-2-8(6-15)4-9(10)13-11(7)14/h2-6,12H,1H3. The van der Waals surface area contributed by atoms with E-state index in [4.69, 9.17) is 0 Å². The van der Waals surface area contributed by atoms with Crippen LogP contribution in [0.3, 0.4) is 0 Å². The lowest BCUT2D eigenvalue weighted by molar-refractivity contribution is 0.112. The van der Waals surface area contributed by atoms with Crippen LogP contribution in [0.25, 0.3) is 16.7 Å². The molecule has 0 unspecified atom stereocenters. The first-order valence-corrected chi connectivity index (χ1v) is 4.71. The van der Waals surface area contributed by atoms with Gasteiger partial charge in [-0.1, -0.05) is 0 Å². The zero-order valence-corrected chi connectivity index (χ0v) is 8.19. The molecule has 0 bridgehead atoms. The van der Waals surface area contributed by atoms with Crippen molar-refractivity contribution < 1.29 is 4.79 Å². The van der Waals surface area contributed by atoms with E-state index in [1.165, 1.54) is 0 Å². The average Bonchev–Trinajstić information content (AvgIpc) is 2.78. The molecule has 4 nitrogen and oxygen atoms in total. The Bertz CT molecular complexity index is 663. The number of fused-ring (bicyclic) bond motifs is 3. The number of benzene rings is 1. The fraction of sp³-hybridized carbons (Fsp3) is 0.0909. The number of aromatic amines is 1. The minimum absolute atomic E-state index is 0.654. The Kier molecular flexibility index (Phi) is 1.48. The monoisotopic (exact) mass is 199 g/mol. The maximum Gasteiger partial charge on any atom is 0.157 e. The highest BCUT2D eigenvalue weighted by Crippen LogP contribution is 2.18. The van der Waals surface area contributed by atoms with Gasteiger partial charge in [-0.15, -0.1) is 0 Å². The fourth-order valence-corrected chi connectivity index (χ4v) is 1.79. The van der Waals surface area contributed by atoms with Crippen molar-refractivity contribution in [3.8, 4) is 0 Å². The largest absolute Gasteiger partial charge is 0.299 e. The van der Waals surface area contributed by atoms with E-state index in [0.29, 0.717) is 5.56 Å². The molecule has 2 heterocycles. The second kappa shape index (κ2) is 2.70. The number of hydrogen-bond donors (Lipinski definition) is 1. The van der Waals surface area contributed by atoms with Crippen molar-refractivity contribution in [3.05, 3.63) is 35.5 Å². The number of nitrogens with zero attached hydrogens (tertiary/aromatic N) is 2. The van der Waals surface area contributed by atoms with E-state index in [0.717, 1.165) is 28.5 Å². The van der Waals surface area contributed by atoms with Crippen LogP contribution in [0.2, 0.25) is 0 Å². The normalized spacial score (nSPS) is 11.3. The predicted octanol–water partition coefficient (Wildman–Crippen LogP) is 1.94. The molecule has 1 N–H and O–H groups in total. The molecule has 0 spiro atoms. The molecule has 0 radical (unpaired) electrons. The molecule has 15 heavy (non-hydrogen) atoms. The van der Waals surface area contributed by atoms with E-state index in [1.807, 2.05) is 23.7 Å². The molecule has 0 aliphatic carbocycles. The summed E-state index contributed by atoms with van der Waals surface area (Å²) in [6.45, 7) is 2.00. The topological polar surface area (TPSA) is 50.2 Å². The maximum absolute atomic E-state index is 10.6. The van der Waals surface area contributed by atoms with Crippen LogP contribution in [-0.4, -0.2) is 20.9 Å². The Balaban J connectivity index is 2.48. The van der Waals surface area contributed by atoms with Gasteiger partial charge >= 0.3 is 0 Å². The van der Waals surface area contributed by atoms with Crippen LogP contribution in [0.5, 0.6) is 0 Å². The molecular formula is C11H9N3O. The number of hydrogen-bond acceptors (Lipinski definition) is 2. The van der Waals surface area contributed by atoms with Crippen LogP contribution in [0, 0.1) is 6.92 Å². The third-order valence-electron chi connectivity index (χ3n) is 2.58. The predicted molar refractivity (Wildman–Crippen MR) is 57.2 cm³/mol. The van der Waals surface area contributed by atoms with Gasteiger partial charge in [0.1, 0.15) is 6.29 Å². The highest BCUT2D eigenvalue weighted by molar-refractivity contribution is 5.87. The molecule has 0 aliphatic heterocycles. The quantitative estimate of drug-likeness (QED) is 0.609. The van der Waals surface area contributed by atoms with E-state index >= 15 is 0 Å². The molecule has 2 aromatic heterocycles. The number of aldehydes is 1. The zero-order chi connectivity index (χ0) is 10.4. The van der Waals surface area contributed by atoms with Crippen LogP contribution in [0.1, 0.15) is 15.9 Å². The van der Waals surface area contributed by atoms with Crippen molar-refractivity contribution in [1.82, 2.24) is 14.6 Å². The number of aryl methyl sites for hydroxylation is 1. The number of carbonyl (C=O) groups excluding carboxylic acids is 1. The SMILES string of the molecule is Cc1c[nH]n2c1nc1cc(C=O)ccc12. The summed E-state index contributed by atoms with van der Waals surface area (Å²) in [5.41, 5.74) is 4.49. The van der Waals surface area contributed by atoms with Crippen molar-refractivity contribution in [3.63, 3.8) is 0 Å². The highest BCUT2D eigenvalue weighted by Gasteiger charge is 2.07. The lowest BCUT2D eigenvalue weighted by Gasteiger charge is -1.91. The first-order valence-electron chi connectivity index (χ1n) is 4.71. The van der Waals surface area contributed by atoms with Gasteiger partial charge in [0, 0.05) is 17.3 Å². The van der Waals surface area contributed by atoms with E-state index in [2.05, 4.69) is 10.1 Å². The molecule has 0 saturated carbocycles. The molecule has 74 valence electrons. The van der Waals surface area contributed by atoms with Gasteiger partial charge in [0.2, 0.25) is 0 Å². The van der Waals surface area contributed by atoms with Crippen LogP contribution >= 0.6 is 0 Å². The molecular weight excluding hydrogens is 190 g/mol. The molecule has 0 amide bonds. The van der Waals surface area contributed by atoms with Gasteiger partial charge in [0.05, 0.1) is 11.0 Å². The second-order valence-corrected chi connectivity index (χ2v) is 3.59. The minimum Gasteiger partial charge on any atom is -0.299 e. The maximum atomic E-state index is 10.6. The smallest absolute Gasteiger partial charge is 0.157 e. The Labute approximate surface area is 85.5 Å². The van der Waals surface area contributed by atoms with E-state index < -0.39 is 0 Å². The summed E-state index contributed by atoms with van der Waals surface area (Å²) in [4.78, 5) is 15.1. The summed E-state index contributed by atoms with van der Waals surface area (Å²) in [6, 6.07) is 5.48. The minimum atomic E-state index is 0.654. The van der Waals surface area contributed by atoms with E-state index in [9.17, 15) is 4.79 Å². The number of H-pyrrole nitrogens is 1. The number of imidazole rings is 1. The third kappa shape index (κ3) is 1.01. The van der Waals surface area contributed by atoms with Crippen molar-refractivity contribution >= 4 is 23.0 Å². The Hall–Kier alpha value is -2.10. The summed E-state index contributed by atoms with van der Waals surface area (Å²) < 4.78 is 1.92. The average molecular weight is 199 g/mol. The molecule has 0 atom stereocenters. The molecule has 3 aromatic rings. The van der Waals surface area contributed by atoms with Gasteiger partial charge in [-0.2, -0.15) is 0 Å². The van der Waals surface area contributed by atoms with Gasteiger partial charge in [0.15, 0.2) is 5.65 Å². The Morgan fingerprint density at radius 3 is 3.13 bits per heavy atom. The van der Waals surface area contributed by atoms with Crippen molar-refractivity contribution in [1.29, 1.82) is 0 Å². The van der Waals surface area contributed by atoms with Crippen molar-refractivity contribution in [2.45, 2.75) is 6.92 Å². The van der Waals surface area contributed by atoms with Crippen LogP contribution in [0.4, 0.5) is 0 Å². The van der Waals surface area contributed by atoms with Crippen LogP contribution in [0.15, 0.2) is 24.4 Å². The molecule has 3 rings (SSSR count). The summed E-state index contributed by atoms with van der Waals surface area (Å²) in [5, 5.41) is 3.11. The zero-order valence-electron chi connectivity index (χ0n) is 8.19. The molecule has 0 saturated heterocycles. The molecule has 4 heteroatoms. The fourth-order valence-electron chi connectivity index (χ4n) is 1.79. The number of aromatic nitrogens is 3. The first kappa shape index (κ1) is 8.23. The van der Waals surface area contributed by atoms with Crippen LogP contribution in [-0.2, 0) is 0 Å². The van der Waals surface area contributed by atoms with E-state index in [1.54, 1.807) is 12.1 Å². The lowest BCUT2D eigenvalue weighted by atomic mass is 10.2. The molecule has 0 aliphatic rings. The number of nitrogens with one attached hydrogen (secondary N) is 1. The van der Waals surface area contributed by atoms with Gasteiger partial charge < -0.3 is 0 Å².